The zero-order valence-electron chi connectivity index (χ0n) is 26.8. The topological polar surface area (TPSA) is 163 Å². The number of pyridine rings is 2. The van der Waals surface area contributed by atoms with Gasteiger partial charge in [0.2, 0.25) is 5.91 Å². The first-order chi connectivity index (χ1) is 22.5. The van der Waals surface area contributed by atoms with Crippen molar-refractivity contribution in [2.75, 3.05) is 24.1 Å². The number of aromatic nitrogens is 6. The Hall–Kier alpha value is -5.59. The normalized spacial score (nSPS) is 13.9. The lowest BCUT2D eigenvalue weighted by atomic mass is 10.0. The molecule has 5 heterocycles. The molecule has 0 spiro atoms. The molecular weight excluding hydrogens is 598 g/mol. The first-order valence-corrected chi connectivity index (χ1v) is 15.7. The van der Waals surface area contributed by atoms with E-state index < -0.39 is 17.2 Å². The molecule has 13 nitrogen and oxygen atoms in total. The van der Waals surface area contributed by atoms with Gasteiger partial charge in [0, 0.05) is 54.9 Å². The Balaban J connectivity index is 1.28. The molecule has 2 amide bonds. The summed E-state index contributed by atoms with van der Waals surface area (Å²) in [5, 5.41) is 8.51. The van der Waals surface area contributed by atoms with Crippen LogP contribution in [0.3, 0.4) is 0 Å². The van der Waals surface area contributed by atoms with Crippen LogP contribution in [0.1, 0.15) is 63.0 Å². The summed E-state index contributed by atoms with van der Waals surface area (Å²) in [6.45, 7) is 8.74. The Labute approximate surface area is 270 Å². The van der Waals surface area contributed by atoms with Crippen molar-refractivity contribution in [1.82, 2.24) is 33.8 Å². The number of nitrogens with one attached hydrogen (secondary N) is 1. The van der Waals surface area contributed by atoms with E-state index in [1.54, 1.807) is 44.3 Å². The van der Waals surface area contributed by atoms with Gasteiger partial charge in [0.05, 0.1) is 16.9 Å². The van der Waals surface area contributed by atoms with Crippen molar-refractivity contribution in [3.8, 4) is 17.1 Å². The van der Waals surface area contributed by atoms with E-state index in [4.69, 9.17) is 10.8 Å². The maximum Gasteiger partial charge on any atom is 0.337 e. The molecule has 5 aromatic rings. The van der Waals surface area contributed by atoms with E-state index in [-0.39, 0.29) is 35.3 Å². The minimum absolute atomic E-state index is 0.0394. The van der Waals surface area contributed by atoms with Crippen LogP contribution in [0.25, 0.3) is 28.0 Å². The van der Waals surface area contributed by atoms with Crippen LogP contribution in [0.15, 0.2) is 76.7 Å². The lowest BCUT2D eigenvalue weighted by molar-refractivity contribution is -0.135. The highest BCUT2D eigenvalue weighted by Gasteiger charge is 2.28. The van der Waals surface area contributed by atoms with Crippen LogP contribution < -0.4 is 22.3 Å². The van der Waals surface area contributed by atoms with Gasteiger partial charge in [-0.1, -0.05) is 32.0 Å². The summed E-state index contributed by atoms with van der Waals surface area (Å²) >= 11 is 0. The standard InChI is InChI=1S/C34H37N9O4/c1-20(2)32(45)40-17-13-24(14-18-40)43-26-12-16-37-30(35)28(26)29(39-43)22-8-10-23(11-9-22)38-31(44)25-19-41(21(3)4)34(47)42(33(25)46)27-7-5-6-15-36-27/h5-12,15-16,19-21,24H,13-14,17-18H2,1-4H3,(H2,35,37)(H,38,44). The second kappa shape index (κ2) is 12.7. The summed E-state index contributed by atoms with van der Waals surface area (Å²) in [5.41, 5.74) is 7.56. The van der Waals surface area contributed by atoms with Crippen LogP contribution in [-0.2, 0) is 4.79 Å². The smallest absolute Gasteiger partial charge is 0.337 e. The first kappa shape index (κ1) is 31.4. The summed E-state index contributed by atoms with van der Waals surface area (Å²) in [5.74, 6) is -0.0471. The number of carbonyl (C=O) groups excluding carboxylic acids is 2. The third-order valence-corrected chi connectivity index (χ3v) is 8.47. The minimum atomic E-state index is -0.765. The number of nitrogen functional groups attached to an aromatic ring is 1. The van der Waals surface area contributed by atoms with Crippen LogP contribution in [0.4, 0.5) is 11.5 Å². The van der Waals surface area contributed by atoms with Gasteiger partial charge in [-0.3, -0.25) is 23.6 Å². The van der Waals surface area contributed by atoms with E-state index in [2.05, 4.69) is 15.3 Å². The third-order valence-electron chi connectivity index (χ3n) is 8.47. The average molecular weight is 636 g/mol. The number of likely N-dealkylation sites (tertiary alicyclic amines) is 1. The van der Waals surface area contributed by atoms with Gasteiger partial charge in [0.15, 0.2) is 0 Å². The number of benzene rings is 1. The van der Waals surface area contributed by atoms with E-state index in [1.165, 1.54) is 23.0 Å². The summed E-state index contributed by atoms with van der Waals surface area (Å²) in [6, 6.07) is 13.6. The lowest BCUT2D eigenvalue weighted by Crippen LogP contribution is -2.43. The molecule has 0 bridgehead atoms. The summed E-state index contributed by atoms with van der Waals surface area (Å²) in [7, 11) is 0. The molecule has 4 aromatic heterocycles. The van der Waals surface area contributed by atoms with Gasteiger partial charge in [-0.25, -0.2) is 19.3 Å². The van der Waals surface area contributed by atoms with Crippen LogP contribution >= 0.6 is 0 Å². The van der Waals surface area contributed by atoms with Gasteiger partial charge in [0.1, 0.15) is 22.9 Å². The minimum Gasteiger partial charge on any atom is -0.383 e. The molecule has 242 valence electrons. The fraction of sp³-hybridized carbons (Fsp3) is 0.324. The molecule has 0 radical (unpaired) electrons. The molecule has 1 aliphatic rings. The lowest BCUT2D eigenvalue weighted by Gasteiger charge is -2.33. The van der Waals surface area contributed by atoms with Gasteiger partial charge in [0.25, 0.3) is 11.5 Å². The van der Waals surface area contributed by atoms with Crippen molar-refractivity contribution in [1.29, 1.82) is 0 Å². The largest absolute Gasteiger partial charge is 0.383 e. The molecule has 1 saturated heterocycles. The van der Waals surface area contributed by atoms with Crippen molar-refractivity contribution in [2.45, 2.75) is 52.6 Å². The Morgan fingerprint density at radius 3 is 2.30 bits per heavy atom. The Kier molecular flexibility index (Phi) is 8.46. The van der Waals surface area contributed by atoms with Crippen LogP contribution in [-0.4, -0.2) is 58.7 Å². The first-order valence-electron chi connectivity index (χ1n) is 15.7. The highest BCUT2D eigenvalue weighted by atomic mass is 16.2. The molecule has 0 atom stereocenters. The maximum atomic E-state index is 13.4. The highest BCUT2D eigenvalue weighted by molar-refractivity contribution is 6.04. The molecule has 3 N–H and O–H groups in total. The number of anilines is 2. The molecule has 6 rings (SSSR count). The van der Waals surface area contributed by atoms with Gasteiger partial charge in [-0.15, -0.1) is 0 Å². The summed E-state index contributed by atoms with van der Waals surface area (Å²) in [6.07, 6.45) is 5.97. The van der Waals surface area contributed by atoms with Gasteiger partial charge in [-0.2, -0.15) is 5.10 Å². The third kappa shape index (κ3) is 5.91. The van der Waals surface area contributed by atoms with Gasteiger partial charge < -0.3 is 16.0 Å². The molecule has 1 aliphatic heterocycles. The highest BCUT2D eigenvalue weighted by Crippen LogP contribution is 2.35. The van der Waals surface area contributed by atoms with E-state index in [1.807, 2.05) is 41.6 Å². The number of rotatable bonds is 7. The Morgan fingerprint density at radius 1 is 0.936 bits per heavy atom. The van der Waals surface area contributed by atoms with Crippen molar-refractivity contribution >= 4 is 34.2 Å². The van der Waals surface area contributed by atoms with Gasteiger partial charge >= 0.3 is 5.69 Å². The van der Waals surface area contributed by atoms with Crippen molar-refractivity contribution in [3.63, 3.8) is 0 Å². The van der Waals surface area contributed by atoms with Crippen molar-refractivity contribution < 1.29 is 9.59 Å². The average Bonchev–Trinajstić information content (AvgIpc) is 3.46. The van der Waals surface area contributed by atoms with Crippen LogP contribution in [0.2, 0.25) is 0 Å². The van der Waals surface area contributed by atoms with Crippen molar-refractivity contribution in [3.05, 3.63) is 93.5 Å². The van der Waals surface area contributed by atoms with Crippen molar-refractivity contribution in [2.24, 2.45) is 5.92 Å². The fourth-order valence-electron chi connectivity index (χ4n) is 5.98. The predicted molar refractivity (Wildman–Crippen MR) is 179 cm³/mol. The van der Waals surface area contributed by atoms with Gasteiger partial charge in [-0.05, 0) is 57.0 Å². The maximum absolute atomic E-state index is 13.4. The molecule has 13 heteroatoms. The number of hydrogen-bond acceptors (Lipinski definition) is 8. The zero-order valence-corrected chi connectivity index (χ0v) is 26.8. The van der Waals surface area contributed by atoms with E-state index in [9.17, 15) is 19.2 Å². The number of nitrogens with two attached hydrogens (primary N) is 1. The molecular formula is C34H37N9O4. The second-order valence-corrected chi connectivity index (χ2v) is 12.3. The Morgan fingerprint density at radius 2 is 1.66 bits per heavy atom. The van der Waals surface area contributed by atoms with E-state index in [0.29, 0.717) is 30.3 Å². The molecule has 0 unspecified atom stereocenters. The molecule has 1 fully saturated rings. The quantitative estimate of drug-likeness (QED) is 0.271. The second-order valence-electron chi connectivity index (χ2n) is 12.3. The number of fused-ring (bicyclic) bond motifs is 1. The van der Waals surface area contributed by atoms with Crippen LogP contribution in [0.5, 0.6) is 0 Å². The number of piperidine rings is 1. The SMILES string of the molecule is CC(C)C(=O)N1CCC(n2nc(-c3ccc(NC(=O)c4cn(C(C)C)c(=O)n(-c5ccccn5)c4=O)cc3)c3c(N)nccc32)CC1. The van der Waals surface area contributed by atoms with E-state index in [0.717, 1.165) is 33.9 Å². The number of nitrogens with zero attached hydrogens (tertiary/aromatic N) is 7. The number of hydrogen-bond donors (Lipinski definition) is 2. The number of amides is 2. The number of carbonyl (C=O) groups is 2. The fourth-order valence-corrected chi connectivity index (χ4v) is 5.98. The summed E-state index contributed by atoms with van der Waals surface area (Å²) in [4.78, 5) is 62.9. The monoisotopic (exact) mass is 635 g/mol. The molecule has 0 saturated carbocycles. The Bertz CT molecular complexity index is 2070. The van der Waals surface area contributed by atoms with Crippen LogP contribution in [0, 0.1) is 5.92 Å². The molecule has 1 aromatic carbocycles. The molecule has 47 heavy (non-hydrogen) atoms. The van der Waals surface area contributed by atoms with E-state index >= 15 is 0 Å². The zero-order chi connectivity index (χ0) is 33.4. The summed E-state index contributed by atoms with van der Waals surface area (Å²) < 4.78 is 4.23. The predicted octanol–water partition coefficient (Wildman–Crippen LogP) is 4.04. The molecule has 0 aliphatic carbocycles.